The van der Waals surface area contributed by atoms with E-state index >= 15 is 0 Å². The van der Waals surface area contributed by atoms with Gasteiger partial charge in [-0.05, 0) is 28.9 Å². The van der Waals surface area contributed by atoms with Crippen LogP contribution >= 0.6 is 27.5 Å². The predicted molar refractivity (Wildman–Crippen MR) is 76.0 cm³/mol. The van der Waals surface area contributed by atoms with E-state index < -0.39 is 11.8 Å². The van der Waals surface area contributed by atoms with Crippen molar-refractivity contribution in [1.29, 1.82) is 0 Å². The van der Waals surface area contributed by atoms with Crippen LogP contribution in [-0.4, -0.2) is 22.4 Å². The lowest BCUT2D eigenvalue weighted by molar-refractivity contribution is 0.254. The van der Waals surface area contributed by atoms with Crippen molar-refractivity contribution < 1.29 is 9.18 Å². The highest BCUT2D eigenvalue weighted by molar-refractivity contribution is 9.10. The van der Waals surface area contributed by atoms with Gasteiger partial charge in [0.05, 0.1) is 20.4 Å². The number of hydrogen-bond acceptors (Lipinski definition) is 2. The molecule has 0 saturated heterocycles. The number of fused-ring (bicyclic) bond motifs is 1. The number of aryl methyl sites for hydroxylation is 1. The van der Waals surface area contributed by atoms with Crippen molar-refractivity contribution in [3.05, 3.63) is 21.4 Å². The summed E-state index contributed by atoms with van der Waals surface area (Å²) >= 11 is 8.95. The van der Waals surface area contributed by atoms with Crippen LogP contribution in [0.4, 0.5) is 15.0 Å². The lowest BCUT2D eigenvalue weighted by atomic mass is 10.2. The van der Waals surface area contributed by atoms with Gasteiger partial charge in [0.2, 0.25) is 0 Å². The Balaban J connectivity index is 2.84. The SMILES string of the molecule is CCN(C(N)=O)c1nn(C)c2cc(Cl)c(F)c(Br)c12. The monoisotopic (exact) mass is 348 g/mol. The summed E-state index contributed by atoms with van der Waals surface area (Å²) in [4.78, 5) is 12.7. The minimum Gasteiger partial charge on any atom is -0.351 e. The molecule has 0 aliphatic rings. The van der Waals surface area contributed by atoms with Crippen molar-refractivity contribution in [2.75, 3.05) is 11.4 Å². The number of primary amides is 1. The zero-order valence-electron chi connectivity index (χ0n) is 10.2. The Kier molecular flexibility index (Phi) is 3.69. The topological polar surface area (TPSA) is 64.2 Å². The largest absolute Gasteiger partial charge is 0.351 e. The molecule has 2 N–H and O–H groups in total. The van der Waals surface area contributed by atoms with Crippen molar-refractivity contribution in [2.24, 2.45) is 12.8 Å². The van der Waals surface area contributed by atoms with Gasteiger partial charge in [0, 0.05) is 13.6 Å². The van der Waals surface area contributed by atoms with Gasteiger partial charge in [-0.1, -0.05) is 11.6 Å². The molecule has 0 aliphatic heterocycles. The second-order valence-corrected chi connectivity index (χ2v) is 5.11. The van der Waals surface area contributed by atoms with Crippen molar-refractivity contribution >= 4 is 50.3 Å². The van der Waals surface area contributed by atoms with Gasteiger partial charge in [0.25, 0.3) is 0 Å². The first-order valence-corrected chi connectivity index (χ1v) is 6.62. The summed E-state index contributed by atoms with van der Waals surface area (Å²) in [6.07, 6.45) is 0. The Morgan fingerprint density at radius 3 is 2.84 bits per heavy atom. The fraction of sp³-hybridized carbons (Fsp3) is 0.273. The molecule has 0 unspecified atom stereocenters. The quantitative estimate of drug-likeness (QED) is 0.847. The zero-order valence-corrected chi connectivity index (χ0v) is 12.6. The molecule has 5 nitrogen and oxygen atoms in total. The minimum atomic E-state index is -0.648. The van der Waals surface area contributed by atoms with E-state index in [1.807, 2.05) is 0 Å². The number of aromatic nitrogens is 2. The fourth-order valence-corrected chi connectivity index (χ4v) is 2.80. The maximum Gasteiger partial charge on any atom is 0.320 e. The van der Waals surface area contributed by atoms with E-state index in [0.717, 1.165) is 0 Å². The molecule has 19 heavy (non-hydrogen) atoms. The average molecular weight is 350 g/mol. The highest BCUT2D eigenvalue weighted by Crippen LogP contribution is 2.37. The summed E-state index contributed by atoms with van der Waals surface area (Å²) in [6.45, 7) is 2.09. The number of nitrogens with two attached hydrogens (primary N) is 1. The van der Waals surface area contributed by atoms with E-state index in [1.54, 1.807) is 14.0 Å². The number of benzene rings is 1. The number of urea groups is 1. The van der Waals surface area contributed by atoms with Gasteiger partial charge in [0.1, 0.15) is 0 Å². The lowest BCUT2D eigenvalue weighted by Gasteiger charge is -2.15. The third kappa shape index (κ3) is 2.17. The molecular formula is C11H11BrClFN4O. The summed E-state index contributed by atoms with van der Waals surface area (Å²) in [7, 11) is 1.68. The molecule has 0 atom stereocenters. The number of hydrogen-bond donors (Lipinski definition) is 1. The van der Waals surface area contributed by atoms with Crippen LogP contribution in [0.25, 0.3) is 10.9 Å². The predicted octanol–water partition coefficient (Wildman–Crippen LogP) is 3.03. The molecule has 8 heteroatoms. The summed E-state index contributed by atoms with van der Waals surface area (Å²) in [5.41, 5.74) is 5.90. The molecule has 1 aromatic carbocycles. The van der Waals surface area contributed by atoms with Crippen LogP contribution in [-0.2, 0) is 7.05 Å². The molecule has 0 saturated carbocycles. The average Bonchev–Trinajstić information content (AvgIpc) is 2.64. The smallest absolute Gasteiger partial charge is 0.320 e. The molecule has 1 aromatic heterocycles. The molecule has 0 spiro atoms. The Hall–Kier alpha value is -1.34. The van der Waals surface area contributed by atoms with Crippen molar-refractivity contribution in [3.8, 4) is 0 Å². The van der Waals surface area contributed by atoms with Crippen LogP contribution in [0.15, 0.2) is 10.5 Å². The number of carbonyl (C=O) groups excluding carboxylic acids is 1. The molecule has 2 amide bonds. The number of amides is 2. The molecule has 2 aromatic rings. The number of rotatable bonds is 2. The molecule has 0 radical (unpaired) electrons. The molecule has 1 heterocycles. The first-order valence-electron chi connectivity index (χ1n) is 5.45. The first kappa shape index (κ1) is 14.1. The molecular weight excluding hydrogens is 339 g/mol. The van der Waals surface area contributed by atoms with Crippen LogP contribution in [0.3, 0.4) is 0 Å². The standard InChI is InChI=1S/C11H11BrClFN4O/c1-3-18(11(15)19)10-7-6(17(2)16-10)4-5(13)9(14)8(7)12/h4H,3H2,1-2H3,(H2,15,19). The normalized spacial score (nSPS) is 11.0. The summed E-state index contributed by atoms with van der Waals surface area (Å²) in [5.74, 6) is -0.293. The Morgan fingerprint density at radius 1 is 1.68 bits per heavy atom. The van der Waals surface area contributed by atoms with Gasteiger partial charge >= 0.3 is 6.03 Å². The highest BCUT2D eigenvalue weighted by Gasteiger charge is 2.23. The Labute approximate surface area is 122 Å². The van der Waals surface area contributed by atoms with E-state index in [1.165, 1.54) is 15.6 Å². The molecule has 2 rings (SSSR count). The zero-order chi connectivity index (χ0) is 14.3. The van der Waals surface area contributed by atoms with E-state index in [-0.39, 0.29) is 9.50 Å². The van der Waals surface area contributed by atoms with Gasteiger partial charge in [-0.3, -0.25) is 9.58 Å². The van der Waals surface area contributed by atoms with Crippen LogP contribution in [0.1, 0.15) is 6.92 Å². The van der Waals surface area contributed by atoms with Crippen LogP contribution < -0.4 is 10.6 Å². The summed E-state index contributed by atoms with van der Waals surface area (Å²) < 4.78 is 15.6. The van der Waals surface area contributed by atoms with E-state index in [2.05, 4.69) is 21.0 Å². The maximum absolute atomic E-state index is 13.9. The number of carbonyl (C=O) groups is 1. The molecule has 102 valence electrons. The lowest BCUT2D eigenvalue weighted by Crippen LogP contribution is -2.36. The van der Waals surface area contributed by atoms with Crippen molar-refractivity contribution in [2.45, 2.75) is 6.92 Å². The first-order chi connectivity index (χ1) is 8.88. The minimum absolute atomic E-state index is 0.0175. The maximum atomic E-state index is 13.9. The van der Waals surface area contributed by atoms with E-state index in [9.17, 15) is 9.18 Å². The summed E-state index contributed by atoms with van der Waals surface area (Å²) in [5, 5.41) is 4.66. The second kappa shape index (κ2) is 4.97. The molecule has 0 aliphatic carbocycles. The fourth-order valence-electron chi connectivity index (χ4n) is 1.90. The third-order valence-electron chi connectivity index (χ3n) is 2.80. The Morgan fingerprint density at radius 2 is 2.32 bits per heavy atom. The van der Waals surface area contributed by atoms with Crippen molar-refractivity contribution in [3.63, 3.8) is 0 Å². The number of nitrogens with zero attached hydrogens (tertiary/aromatic N) is 3. The van der Waals surface area contributed by atoms with E-state index in [4.69, 9.17) is 17.3 Å². The van der Waals surface area contributed by atoms with Crippen molar-refractivity contribution in [1.82, 2.24) is 9.78 Å². The van der Waals surface area contributed by atoms with Crippen LogP contribution in [0.2, 0.25) is 5.02 Å². The Bertz CT molecular complexity index is 672. The highest BCUT2D eigenvalue weighted by atomic mass is 79.9. The van der Waals surface area contributed by atoms with Gasteiger partial charge in [-0.15, -0.1) is 0 Å². The number of anilines is 1. The van der Waals surface area contributed by atoms with Gasteiger partial charge in [0.15, 0.2) is 11.6 Å². The van der Waals surface area contributed by atoms with E-state index in [0.29, 0.717) is 23.3 Å². The second-order valence-electron chi connectivity index (χ2n) is 3.91. The van der Waals surface area contributed by atoms with Crippen LogP contribution in [0, 0.1) is 5.82 Å². The van der Waals surface area contributed by atoms with Crippen LogP contribution in [0.5, 0.6) is 0 Å². The molecule has 0 fully saturated rings. The molecule has 0 bridgehead atoms. The van der Waals surface area contributed by atoms with Gasteiger partial charge in [-0.25, -0.2) is 9.18 Å². The summed E-state index contributed by atoms with van der Waals surface area (Å²) in [6, 6.07) is 0.812. The van der Waals surface area contributed by atoms with Gasteiger partial charge < -0.3 is 5.73 Å². The third-order valence-corrected chi connectivity index (χ3v) is 3.82. The van der Waals surface area contributed by atoms with Gasteiger partial charge in [-0.2, -0.15) is 5.10 Å². The number of halogens is 3.